The highest BCUT2D eigenvalue weighted by Crippen LogP contribution is 2.22. The molecule has 0 fully saturated rings. The van der Waals surface area contributed by atoms with Crippen LogP contribution < -0.4 is 11.1 Å². The van der Waals surface area contributed by atoms with Crippen LogP contribution in [-0.4, -0.2) is 11.9 Å². The third-order valence-corrected chi connectivity index (χ3v) is 2.70. The topological polar surface area (TPSA) is 55.1 Å². The van der Waals surface area contributed by atoms with Crippen molar-refractivity contribution >= 4 is 23.2 Å². The van der Waals surface area contributed by atoms with Gasteiger partial charge in [-0.05, 0) is 31.0 Å². The number of carbonyl (C=O) groups is 1. The third kappa shape index (κ3) is 3.83. The van der Waals surface area contributed by atoms with Crippen molar-refractivity contribution in [3.8, 4) is 0 Å². The summed E-state index contributed by atoms with van der Waals surface area (Å²) in [6.45, 7) is 3.90. The zero-order valence-electron chi connectivity index (χ0n) is 9.59. The minimum Gasteiger partial charge on any atom is -0.327 e. The van der Waals surface area contributed by atoms with Crippen LogP contribution in [0.25, 0.3) is 0 Å². The highest BCUT2D eigenvalue weighted by atomic mass is 35.5. The first-order chi connectivity index (χ1) is 7.52. The van der Waals surface area contributed by atoms with Crippen molar-refractivity contribution < 1.29 is 4.79 Å². The van der Waals surface area contributed by atoms with Crippen molar-refractivity contribution in [2.45, 2.75) is 32.7 Å². The van der Waals surface area contributed by atoms with Crippen molar-refractivity contribution in [3.63, 3.8) is 0 Å². The van der Waals surface area contributed by atoms with Crippen molar-refractivity contribution in [3.05, 3.63) is 28.8 Å². The van der Waals surface area contributed by atoms with Crippen molar-refractivity contribution in [1.82, 2.24) is 0 Å². The molecule has 0 saturated heterocycles. The number of hydrogen-bond donors (Lipinski definition) is 2. The predicted octanol–water partition coefficient (Wildman–Crippen LogP) is 2.71. The Morgan fingerprint density at radius 2 is 2.25 bits per heavy atom. The van der Waals surface area contributed by atoms with Gasteiger partial charge in [-0.3, -0.25) is 4.79 Å². The highest BCUT2D eigenvalue weighted by molar-refractivity contribution is 6.33. The van der Waals surface area contributed by atoms with Crippen molar-refractivity contribution in [2.75, 3.05) is 5.32 Å². The Morgan fingerprint density at radius 1 is 1.56 bits per heavy atom. The van der Waals surface area contributed by atoms with Crippen LogP contribution in [0, 0.1) is 6.92 Å². The largest absolute Gasteiger partial charge is 0.327 e. The molecule has 16 heavy (non-hydrogen) atoms. The number of nitrogens with one attached hydrogen (secondary N) is 1. The van der Waals surface area contributed by atoms with E-state index in [1.807, 2.05) is 26.0 Å². The fourth-order valence-corrected chi connectivity index (χ4v) is 1.48. The Hall–Kier alpha value is -1.06. The highest BCUT2D eigenvalue weighted by Gasteiger charge is 2.09. The van der Waals surface area contributed by atoms with Crippen LogP contribution in [0.3, 0.4) is 0 Å². The van der Waals surface area contributed by atoms with Crippen molar-refractivity contribution in [2.24, 2.45) is 5.73 Å². The van der Waals surface area contributed by atoms with Gasteiger partial charge >= 0.3 is 0 Å². The quantitative estimate of drug-likeness (QED) is 0.850. The van der Waals surface area contributed by atoms with Crippen LogP contribution in [-0.2, 0) is 4.79 Å². The molecular weight excluding hydrogens is 224 g/mol. The maximum Gasteiger partial charge on any atom is 0.225 e. The summed E-state index contributed by atoms with van der Waals surface area (Å²) in [7, 11) is 0. The maximum atomic E-state index is 11.6. The lowest BCUT2D eigenvalue weighted by Gasteiger charge is -2.11. The van der Waals surface area contributed by atoms with Gasteiger partial charge in [-0.15, -0.1) is 0 Å². The number of amides is 1. The minimum absolute atomic E-state index is 0.0939. The van der Waals surface area contributed by atoms with E-state index in [0.29, 0.717) is 17.1 Å². The summed E-state index contributed by atoms with van der Waals surface area (Å²) >= 11 is 5.96. The Labute approximate surface area is 101 Å². The number of benzene rings is 1. The molecule has 88 valence electrons. The van der Waals surface area contributed by atoms with Crippen LogP contribution >= 0.6 is 11.6 Å². The monoisotopic (exact) mass is 240 g/mol. The van der Waals surface area contributed by atoms with Gasteiger partial charge in [0, 0.05) is 12.5 Å². The molecule has 0 aromatic heterocycles. The summed E-state index contributed by atoms with van der Waals surface area (Å²) in [6.07, 6.45) is 1.11. The fraction of sp³-hybridized carbons (Fsp3) is 0.417. The van der Waals surface area contributed by atoms with E-state index in [0.717, 1.165) is 12.0 Å². The van der Waals surface area contributed by atoms with E-state index in [9.17, 15) is 4.79 Å². The van der Waals surface area contributed by atoms with Gasteiger partial charge in [0.05, 0.1) is 10.7 Å². The van der Waals surface area contributed by atoms with E-state index < -0.39 is 0 Å². The van der Waals surface area contributed by atoms with E-state index in [-0.39, 0.29) is 11.9 Å². The van der Waals surface area contributed by atoms with E-state index in [4.69, 9.17) is 17.3 Å². The molecule has 0 aliphatic carbocycles. The second kappa shape index (κ2) is 5.87. The SMILES string of the molecule is CCC(N)CC(=O)Nc1cc(C)ccc1Cl. The molecule has 1 aromatic carbocycles. The van der Waals surface area contributed by atoms with E-state index in [1.54, 1.807) is 6.07 Å². The summed E-state index contributed by atoms with van der Waals surface area (Å²) < 4.78 is 0. The van der Waals surface area contributed by atoms with Gasteiger partial charge in [-0.1, -0.05) is 24.6 Å². The van der Waals surface area contributed by atoms with Crippen molar-refractivity contribution in [1.29, 1.82) is 0 Å². The summed E-state index contributed by atoms with van der Waals surface area (Å²) in [5.41, 5.74) is 7.40. The molecule has 0 aliphatic rings. The Morgan fingerprint density at radius 3 is 2.88 bits per heavy atom. The van der Waals surface area contributed by atoms with Gasteiger partial charge in [0.1, 0.15) is 0 Å². The minimum atomic E-state index is -0.0955. The number of halogens is 1. The predicted molar refractivity (Wildman–Crippen MR) is 67.7 cm³/mol. The molecule has 3 nitrogen and oxygen atoms in total. The molecule has 0 heterocycles. The third-order valence-electron chi connectivity index (χ3n) is 2.37. The number of hydrogen-bond acceptors (Lipinski definition) is 2. The number of carbonyl (C=O) groups excluding carboxylic acids is 1. The maximum absolute atomic E-state index is 11.6. The van der Waals surface area contributed by atoms with E-state index in [2.05, 4.69) is 5.32 Å². The first-order valence-corrected chi connectivity index (χ1v) is 5.72. The van der Waals surface area contributed by atoms with Crippen LogP contribution in [0.4, 0.5) is 5.69 Å². The summed E-state index contributed by atoms with van der Waals surface area (Å²) in [5.74, 6) is -0.0955. The van der Waals surface area contributed by atoms with Gasteiger partial charge in [0.15, 0.2) is 0 Å². The molecule has 0 saturated carbocycles. The van der Waals surface area contributed by atoms with Gasteiger partial charge < -0.3 is 11.1 Å². The Bertz CT molecular complexity index is 379. The van der Waals surface area contributed by atoms with Crippen LogP contribution in [0.15, 0.2) is 18.2 Å². The second-order valence-corrected chi connectivity index (χ2v) is 4.31. The molecule has 1 atom stereocenters. The molecule has 1 rings (SSSR count). The zero-order chi connectivity index (χ0) is 12.1. The van der Waals surface area contributed by atoms with Gasteiger partial charge in [0.2, 0.25) is 5.91 Å². The lowest BCUT2D eigenvalue weighted by molar-refractivity contribution is -0.116. The molecule has 1 unspecified atom stereocenters. The fourth-order valence-electron chi connectivity index (χ4n) is 1.32. The molecule has 3 N–H and O–H groups in total. The molecule has 4 heteroatoms. The average molecular weight is 241 g/mol. The lowest BCUT2D eigenvalue weighted by atomic mass is 10.1. The summed E-state index contributed by atoms with van der Waals surface area (Å²) in [5, 5.41) is 3.31. The first kappa shape index (κ1) is 13.0. The lowest BCUT2D eigenvalue weighted by Crippen LogP contribution is -2.26. The van der Waals surface area contributed by atoms with Crippen LogP contribution in [0.1, 0.15) is 25.3 Å². The molecule has 0 bridgehead atoms. The number of nitrogens with two attached hydrogens (primary N) is 1. The summed E-state index contributed by atoms with van der Waals surface area (Å²) in [4.78, 5) is 11.6. The zero-order valence-corrected chi connectivity index (χ0v) is 10.3. The molecule has 0 aliphatic heterocycles. The summed E-state index contributed by atoms with van der Waals surface area (Å²) in [6, 6.07) is 5.42. The van der Waals surface area contributed by atoms with Gasteiger partial charge in [0.25, 0.3) is 0 Å². The average Bonchev–Trinajstić information content (AvgIpc) is 2.23. The Kier molecular flexibility index (Phi) is 4.77. The number of aryl methyl sites for hydroxylation is 1. The smallest absolute Gasteiger partial charge is 0.225 e. The van der Waals surface area contributed by atoms with Gasteiger partial charge in [-0.2, -0.15) is 0 Å². The molecule has 0 radical (unpaired) electrons. The van der Waals surface area contributed by atoms with Gasteiger partial charge in [-0.25, -0.2) is 0 Å². The second-order valence-electron chi connectivity index (χ2n) is 3.90. The van der Waals surface area contributed by atoms with E-state index in [1.165, 1.54) is 0 Å². The van der Waals surface area contributed by atoms with Crippen LogP contribution in [0.2, 0.25) is 5.02 Å². The molecule has 0 spiro atoms. The molecule has 1 aromatic rings. The molecular formula is C12H17ClN2O. The first-order valence-electron chi connectivity index (χ1n) is 5.34. The normalized spacial score (nSPS) is 12.2. The Balaban J connectivity index is 2.65. The van der Waals surface area contributed by atoms with Crippen LogP contribution in [0.5, 0.6) is 0 Å². The van der Waals surface area contributed by atoms with E-state index >= 15 is 0 Å². The number of rotatable bonds is 4. The number of anilines is 1. The molecule has 1 amide bonds. The standard InChI is InChI=1S/C12H17ClN2O/c1-3-9(14)7-12(16)15-11-6-8(2)4-5-10(11)13/h4-6,9H,3,7,14H2,1-2H3,(H,15,16).